The molecule has 110 valence electrons. The molecule has 1 unspecified atom stereocenters. The summed E-state index contributed by atoms with van der Waals surface area (Å²) in [4.78, 5) is 18.4. The summed E-state index contributed by atoms with van der Waals surface area (Å²) in [6, 6.07) is 9.46. The van der Waals surface area contributed by atoms with Crippen molar-refractivity contribution in [1.29, 1.82) is 0 Å². The van der Waals surface area contributed by atoms with E-state index in [4.69, 9.17) is 10.5 Å². The molecule has 0 spiro atoms. The lowest BCUT2D eigenvalue weighted by Crippen LogP contribution is -2.34. The molecule has 1 aromatic carbocycles. The molecular formula is C16H19N3O2. The number of rotatable bonds is 3. The van der Waals surface area contributed by atoms with Crippen molar-refractivity contribution in [3.63, 3.8) is 0 Å². The maximum absolute atomic E-state index is 12.5. The normalized spacial score (nSPS) is 18.0. The van der Waals surface area contributed by atoms with E-state index < -0.39 is 0 Å². The number of nitrogens with two attached hydrogens (primary N) is 1. The molecule has 1 fully saturated rings. The third kappa shape index (κ3) is 2.83. The highest BCUT2D eigenvalue weighted by Crippen LogP contribution is 2.21. The van der Waals surface area contributed by atoms with E-state index in [2.05, 4.69) is 4.98 Å². The first-order chi connectivity index (χ1) is 10.1. The lowest BCUT2D eigenvalue weighted by atomic mass is 10.1. The van der Waals surface area contributed by atoms with E-state index in [1.165, 1.54) is 0 Å². The van der Waals surface area contributed by atoms with Crippen LogP contribution in [0.25, 0.3) is 10.8 Å². The fourth-order valence-corrected chi connectivity index (χ4v) is 2.71. The van der Waals surface area contributed by atoms with Crippen LogP contribution in [-0.4, -0.2) is 42.1 Å². The Bertz CT molecular complexity index is 666. The molecule has 5 heteroatoms. The van der Waals surface area contributed by atoms with E-state index in [-0.39, 0.29) is 12.0 Å². The summed E-state index contributed by atoms with van der Waals surface area (Å²) in [7, 11) is 1.77. The van der Waals surface area contributed by atoms with E-state index >= 15 is 0 Å². The van der Waals surface area contributed by atoms with Gasteiger partial charge in [-0.05, 0) is 24.3 Å². The highest BCUT2D eigenvalue weighted by Gasteiger charge is 2.22. The molecule has 2 aromatic rings. The molecule has 0 bridgehead atoms. The van der Waals surface area contributed by atoms with Crippen LogP contribution in [0.2, 0.25) is 0 Å². The number of hydrogen-bond donors (Lipinski definition) is 1. The lowest BCUT2D eigenvalue weighted by molar-refractivity contribution is 0.0583. The minimum Gasteiger partial charge on any atom is -0.383 e. The summed E-state index contributed by atoms with van der Waals surface area (Å²) in [5.41, 5.74) is 6.33. The molecule has 1 atom stereocenters. The summed E-state index contributed by atoms with van der Waals surface area (Å²) in [6.07, 6.45) is 2.20. The van der Waals surface area contributed by atoms with Crippen LogP contribution in [0.1, 0.15) is 23.3 Å². The Kier molecular flexibility index (Phi) is 3.75. The Balaban J connectivity index is 1.83. The number of carbonyl (C=O) groups excluding carboxylic acids is 1. The third-order valence-electron chi connectivity index (χ3n) is 3.84. The highest BCUT2D eigenvalue weighted by molar-refractivity contribution is 5.99. The number of amides is 1. The Morgan fingerprint density at radius 1 is 1.48 bits per heavy atom. The zero-order chi connectivity index (χ0) is 14.8. The van der Waals surface area contributed by atoms with E-state index in [1.54, 1.807) is 18.0 Å². The number of pyridine rings is 1. The average molecular weight is 285 g/mol. The van der Waals surface area contributed by atoms with Gasteiger partial charge >= 0.3 is 0 Å². The zero-order valence-corrected chi connectivity index (χ0v) is 12.1. The number of benzene rings is 1. The van der Waals surface area contributed by atoms with Crippen molar-refractivity contribution in [2.24, 2.45) is 0 Å². The molecule has 0 aliphatic carbocycles. The second-order valence-corrected chi connectivity index (χ2v) is 5.43. The molecule has 5 nitrogen and oxygen atoms in total. The van der Waals surface area contributed by atoms with Gasteiger partial charge in [-0.25, -0.2) is 4.98 Å². The number of fused-ring (bicyclic) bond motifs is 1. The Hall–Kier alpha value is -2.14. The van der Waals surface area contributed by atoms with Crippen molar-refractivity contribution in [3.05, 3.63) is 36.0 Å². The number of anilines is 1. The molecule has 1 aliphatic heterocycles. The fraction of sp³-hybridized carbons (Fsp3) is 0.375. The van der Waals surface area contributed by atoms with Crippen molar-refractivity contribution in [2.45, 2.75) is 18.9 Å². The molecule has 3 rings (SSSR count). The van der Waals surface area contributed by atoms with Crippen LogP contribution in [0, 0.1) is 0 Å². The molecule has 21 heavy (non-hydrogen) atoms. The van der Waals surface area contributed by atoms with Crippen LogP contribution in [-0.2, 0) is 4.74 Å². The van der Waals surface area contributed by atoms with Gasteiger partial charge in [0.2, 0.25) is 0 Å². The molecule has 0 radical (unpaired) electrons. The van der Waals surface area contributed by atoms with Crippen LogP contribution in [0.15, 0.2) is 30.3 Å². The van der Waals surface area contributed by atoms with Gasteiger partial charge in [0.15, 0.2) is 0 Å². The summed E-state index contributed by atoms with van der Waals surface area (Å²) >= 11 is 0. The molecule has 1 saturated heterocycles. The number of hydrogen-bond acceptors (Lipinski definition) is 4. The second kappa shape index (κ2) is 5.69. The average Bonchev–Trinajstić information content (AvgIpc) is 2.99. The van der Waals surface area contributed by atoms with Crippen molar-refractivity contribution in [3.8, 4) is 0 Å². The minimum absolute atomic E-state index is 0.122. The van der Waals surface area contributed by atoms with Crippen LogP contribution in [0.3, 0.4) is 0 Å². The van der Waals surface area contributed by atoms with Gasteiger partial charge in [0.25, 0.3) is 5.91 Å². The predicted octanol–water partition coefficient (Wildman–Crippen LogP) is 2.07. The Labute approximate surface area is 123 Å². The van der Waals surface area contributed by atoms with Gasteiger partial charge in [0, 0.05) is 25.6 Å². The monoisotopic (exact) mass is 285 g/mol. The topological polar surface area (TPSA) is 68.5 Å². The molecule has 1 aliphatic rings. The maximum atomic E-state index is 12.5. The van der Waals surface area contributed by atoms with Crippen LogP contribution in [0.4, 0.5) is 5.82 Å². The van der Waals surface area contributed by atoms with Gasteiger partial charge in [-0.2, -0.15) is 0 Å². The summed E-state index contributed by atoms with van der Waals surface area (Å²) in [5.74, 6) is 0.268. The smallest absolute Gasteiger partial charge is 0.272 e. The number of nitrogen functional groups attached to an aromatic ring is 1. The fourth-order valence-electron chi connectivity index (χ4n) is 2.71. The summed E-state index contributed by atoms with van der Waals surface area (Å²) in [5, 5.41) is 1.80. The quantitative estimate of drug-likeness (QED) is 0.937. The van der Waals surface area contributed by atoms with E-state index in [9.17, 15) is 4.79 Å². The first kappa shape index (κ1) is 13.8. The van der Waals surface area contributed by atoms with Gasteiger partial charge in [-0.3, -0.25) is 4.79 Å². The highest BCUT2D eigenvalue weighted by atomic mass is 16.5. The number of aromatic nitrogens is 1. The second-order valence-electron chi connectivity index (χ2n) is 5.43. The molecule has 1 aromatic heterocycles. The van der Waals surface area contributed by atoms with Crippen molar-refractivity contribution in [1.82, 2.24) is 9.88 Å². The first-order valence-corrected chi connectivity index (χ1v) is 7.17. The Morgan fingerprint density at radius 2 is 2.29 bits per heavy atom. The third-order valence-corrected chi connectivity index (χ3v) is 3.84. The predicted molar refractivity (Wildman–Crippen MR) is 82.1 cm³/mol. The van der Waals surface area contributed by atoms with Crippen LogP contribution >= 0.6 is 0 Å². The largest absolute Gasteiger partial charge is 0.383 e. The van der Waals surface area contributed by atoms with Crippen molar-refractivity contribution >= 4 is 22.5 Å². The minimum atomic E-state index is -0.122. The van der Waals surface area contributed by atoms with Gasteiger partial charge in [0.05, 0.1) is 6.10 Å². The molecule has 2 N–H and O–H groups in total. The lowest BCUT2D eigenvalue weighted by Gasteiger charge is -2.20. The van der Waals surface area contributed by atoms with E-state index in [1.807, 2.05) is 24.3 Å². The van der Waals surface area contributed by atoms with Gasteiger partial charge in [-0.15, -0.1) is 0 Å². The molecular weight excluding hydrogens is 266 g/mol. The zero-order valence-electron chi connectivity index (χ0n) is 12.1. The number of nitrogens with zero attached hydrogens (tertiary/aromatic N) is 2. The molecule has 1 amide bonds. The standard InChI is InChI=1S/C16H19N3O2/c1-19(10-12-6-4-8-21-12)16(20)14-9-11-5-2-3-7-13(11)15(17)18-14/h2-3,5,7,9,12H,4,6,8,10H2,1H3,(H2,17,18). The SMILES string of the molecule is CN(CC1CCCO1)C(=O)c1cc2ccccc2c(N)n1. The first-order valence-electron chi connectivity index (χ1n) is 7.17. The van der Waals surface area contributed by atoms with Crippen molar-refractivity contribution < 1.29 is 9.53 Å². The van der Waals surface area contributed by atoms with Gasteiger partial charge < -0.3 is 15.4 Å². The van der Waals surface area contributed by atoms with Gasteiger partial charge in [-0.1, -0.05) is 24.3 Å². The van der Waals surface area contributed by atoms with E-state index in [0.717, 1.165) is 30.2 Å². The van der Waals surface area contributed by atoms with Crippen LogP contribution in [0.5, 0.6) is 0 Å². The van der Waals surface area contributed by atoms with Crippen molar-refractivity contribution in [2.75, 3.05) is 25.9 Å². The van der Waals surface area contributed by atoms with Crippen LogP contribution < -0.4 is 5.73 Å². The molecule has 2 heterocycles. The number of carbonyl (C=O) groups is 1. The Morgan fingerprint density at radius 3 is 3.05 bits per heavy atom. The maximum Gasteiger partial charge on any atom is 0.272 e. The molecule has 0 saturated carbocycles. The summed E-state index contributed by atoms with van der Waals surface area (Å²) < 4.78 is 5.56. The van der Waals surface area contributed by atoms with Gasteiger partial charge in [0.1, 0.15) is 11.5 Å². The number of ether oxygens (including phenoxy) is 1. The summed E-state index contributed by atoms with van der Waals surface area (Å²) in [6.45, 7) is 1.38. The van der Waals surface area contributed by atoms with E-state index in [0.29, 0.717) is 18.1 Å². The number of likely N-dealkylation sites (N-methyl/N-ethyl adjacent to an activating group) is 1.